The van der Waals surface area contributed by atoms with Crippen LogP contribution >= 0.6 is 0 Å². The van der Waals surface area contributed by atoms with E-state index in [0.717, 1.165) is 0 Å². The number of ether oxygens (including phenoxy) is 2. The van der Waals surface area contributed by atoms with E-state index in [1.807, 2.05) is 27.7 Å². The van der Waals surface area contributed by atoms with Crippen molar-refractivity contribution in [3.8, 4) is 11.8 Å². The Kier molecular flexibility index (Phi) is 9.80. The van der Waals surface area contributed by atoms with E-state index in [0.29, 0.717) is 38.8 Å². The number of carbonyl (C=O) groups excluding carboxylic acids is 1. The highest BCUT2D eigenvalue weighted by molar-refractivity contribution is 5.80. The third-order valence-corrected chi connectivity index (χ3v) is 2.07. The van der Waals surface area contributed by atoms with Crippen molar-refractivity contribution in [3.05, 3.63) is 0 Å². The van der Waals surface area contributed by atoms with Crippen molar-refractivity contribution in [2.45, 2.75) is 34.1 Å². The predicted octanol–water partition coefficient (Wildman–Crippen LogP) is 2.29. The Morgan fingerprint density at radius 1 is 1.06 bits per heavy atom. The summed E-state index contributed by atoms with van der Waals surface area (Å²) in [6, 6.07) is 0. The van der Waals surface area contributed by atoms with Crippen LogP contribution in [-0.4, -0.2) is 32.2 Å². The third kappa shape index (κ3) is 11.4. The highest BCUT2D eigenvalue weighted by Crippen LogP contribution is 1.98. The average Bonchev–Trinajstić information content (AvgIpc) is 2.25. The Morgan fingerprint density at radius 2 is 1.71 bits per heavy atom. The van der Waals surface area contributed by atoms with Gasteiger partial charge in [-0.25, -0.2) is 0 Å². The van der Waals surface area contributed by atoms with Gasteiger partial charge in [-0.2, -0.15) is 0 Å². The topological polar surface area (TPSA) is 35.5 Å². The summed E-state index contributed by atoms with van der Waals surface area (Å²) in [5.74, 6) is 6.67. The molecule has 0 bridgehead atoms. The highest BCUT2D eigenvalue weighted by atomic mass is 16.5. The van der Waals surface area contributed by atoms with Gasteiger partial charge in [0.05, 0.1) is 19.8 Å². The smallest absolute Gasteiger partial charge is 0.137 e. The molecule has 0 aliphatic rings. The van der Waals surface area contributed by atoms with Crippen LogP contribution in [0.1, 0.15) is 34.1 Å². The van der Waals surface area contributed by atoms with Gasteiger partial charge in [0.25, 0.3) is 0 Å². The molecule has 0 aromatic heterocycles. The molecule has 3 nitrogen and oxygen atoms in total. The minimum Gasteiger partial charge on any atom is -0.379 e. The molecule has 0 radical (unpaired) electrons. The molecule has 0 saturated heterocycles. The maximum atomic E-state index is 11.3. The minimum absolute atomic E-state index is 0.0983. The number of ketones is 1. The second-order valence-electron chi connectivity index (χ2n) is 4.51. The SMILES string of the molecule is CC(C)C#CCOCCOCCC(=O)C(C)C. The summed E-state index contributed by atoms with van der Waals surface area (Å²) in [5.41, 5.74) is 0. The standard InChI is InChI=1S/C14H24O3/c1-12(2)6-5-8-16-10-11-17-9-7-14(15)13(3)4/h12-13H,7-11H2,1-4H3. The molecule has 0 amide bonds. The molecule has 0 fully saturated rings. The van der Waals surface area contributed by atoms with Gasteiger partial charge in [-0.3, -0.25) is 4.79 Å². The summed E-state index contributed by atoms with van der Waals surface area (Å²) >= 11 is 0. The van der Waals surface area contributed by atoms with Crippen molar-refractivity contribution >= 4 is 5.78 Å². The monoisotopic (exact) mass is 240 g/mol. The maximum absolute atomic E-state index is 11.3. The van der Waals surface area contributed by atoms with Crippen LogP contribution < -0.4 is 0 Å². The first kappa shape index (κ1) is 16.1. The zero-order chi connectivity index (χ0) is 13.1. The summed E-state index contributed by atoms with van der Waals surface area (Å²) < 4.78 is 10.5. The van der Waals surface area contributed by atoms with Gasteiger partial charge in [0.15, 0.2) is 0 Å². The van der Waals surface area contributed by atoms with E-state index >= 15 is 0 Å². The van der Waals surface area contributed by atoms with Crippen molar-refractivity contribution in [2.24, 2.45) is 11.8 Å². The number of hydrogen-bond donors (Lipinski definition) is 0. The van der Waals surface area contributed by atoms with Crippen molar-refractivity contribution < 1.29 is 14.3 Å². The molecule has 0 saturated carbocycles. The molecule has 0 spiro atoms. The van der Waals surface area contributed by atoms with E-state index in [-0.39, 0.29) is 11.7 Å². The molecule has 0 aromatic carbocycles. The lowest BCUT2D eigenvalue weighted by atomic mass is 10.1. The Balaban J connectivity index is 3.26. The predicted molar refractivity (Wildman–Crippen MR) is 68.7 cm³/mol. The molecule has 0 atom stereocenters. The molecule has 0 aliphatic carbocycles. The van der Waals surface area contributed by atoms with Gasteiger partial charge < -0.3 is 9.47 Å². The van der Waals surface area contributed by atoms with Crippen LogP contribution in [0.3, 0.4) is 0 Å². The Hall–Kier alpha value is -0.850. The lowest BCUT2D eigenvalue weighted by molar-refractivity contribution is -0.123. The number of rotatable bonds is 8. The Labute approximate surface area is 105 Å². The fourth-order valence-electron chi connectivity index (χ4n) is 1.05. The number of hydrogen-bond acceptors (Lipinski definition) is 3. The lowest BCUT2D eigenvalue weighted by Gasteiger charge is -2.05. The molecule has 0 heterocycles. The summed E-state index contributed by atoms with van der Waals surface area (Å²) in [4.78, 5) is 11.3. The molecule has 0 aromatic rings. The van der Waals surface area contributed by atoms with Gasteiger partial charge in [0, 0.05) is 18.3 Å². The molecule has 17 heavy (non-hydrogen) atoms. The van der Waals surface area contributed by atoms with Gasteiger partial charge >= 0.3 is 0 Å². The highest BCUT2D eigenvalue weighted by Gasteiger charge is 2.05. The van der Waals surface area contributed by atoms with Crippen molar-refractivity contribution in [3.63, 3.8) is 0 Å². The molecular formula is C14H24O3. The van der Waals surface area contributed by atoms with E-state index in [4.69, 9.17) is 9.47 Å². The van der Waals surface area contributed by atoms with E-state index in [1.54, 1.807) is 0 Å². The van der Waals surface area contributed by atoms with Gasteiger partial charge in [0.1, 0.15) is 12.4 Å². The van der Waals surface area contributed by atoms with E-state index in [9.17, 15) is 4.79 Å². The van der Waals surface area contributed by atoms with Crippen LogP contribution in [0.4, 0.5) is 0 Å². The maximum Gasteiger partial charge on any atom is 0.137 e. The van der Waals surface area contributed by atoms with Crippen molar-refractivity contribution in [1.29, 1.82) is 0 Å². The van der Waals surface area contributed by atoms with Gasteiger partial charge in [-0.1, -0.05) is 39.5 Å². The summed E-state index contributed by atoms with van der Waals surface area (Å²) in [6.07, 6.45) is 0.491. The first-order valence-corrected chi connectivity index (χ1v) is 6.20. The van der Waals surface area contributed by atoms with Gasteiger partial charge in [0.2, 0.25) is 0 Å². The second-order valence-corrected chi connectivity index (χ2v) is 4.51. The molecule has 98 valence electrons. The lowest BCUT2D eigenvalue weighted by Crippen LogP contribution is -2.12. The largest absolute Gasteiger partial charge is 0.379 e. The Bertz CT molecular complexity index is 258. The molecule has 0 rings (SSSR count). The number of Topliss-reactive ketones (excluding diaryl/α,β-unsaturated/α-hetero) is 1. The second kappa shape index (κ2) is 10.3. The normalized spacial score (nSPS) is 10.5. The zero-order valence-corrected chi connectivity index (χ0v) is 11.4. The summed E-state index contributed by atoms with van der Waals surface area (Å²) in [6.45, 7) is 9.88. The first-order valence-electron chi connectivity index (χ1n) is 6.20. The molecule has 0 aliphatic heterocycles. The first-order chi connectivity index (χ1) is 8.04. The van der Waals surface area contributed by atoms with Crippen LogP contribution in [0.2, 0.25) is 0 Å². The van der Waals surface area contributed by atoms with E-state index < -0.39 is 0 Å². The van der Waals surface area contributed by atoms with Crippen LogP contribution in [0.5, 0.6) is 0 Å². The molecule has 0 unspecified atom stereocenters. The van der Waals surface area contributed by atoms with Gasteiger partial charge in [-0.15, -0.1) is 0 Å². The van der Waals surface area contributed by atoms with Crippen LogP contribution in [-0.2, 0) is 14.3 Å². The van der Waals surface area contributed by atoms with Crippen LogP contribution in [0.15, 0.2) is 0 Å². The number of carbonyl (C=O) groups is 1. The van der Waals surface area contributed by atoms with Crippen LogP contribution in [0, 0.1) is 23.7 Å². The molecule has 0 N–H and O–H groups in total. The summed E-state index contributed by atoms with van der Waals surface area (Å²) in [5, 5.41) is 0. The average molecular weight is 240 g/mol. The van der Waals surface area contributed by atoms with Crippen LogP contribution in [0.25, 0.3) is 0 Å². The Morgan fingerprint density at radius 3 is 2.29 bits per heavy atom. The molecular weight excluding hydrogens is 216 g/mol. The molecule has 3 heteroatoms. The zero-order valence-electron chi connectivity index (χ0n) is 11.4. The van der Waals surface area contributed by atoms with E-state index in [1.165, 1.54) is 0 Å². The fourth-order valence-corrected chi connectivity index (χ4v) is 1.05. The minimum atomic E-state index is 0.0983. The summed E-state index contributed by atoms with van der Waals surface area (Å²) in [7, 11) is 0. The van der Waals surface area contributed by atoms with Crippen molar-refractivity contribution in [1.82, 2.24) is 0 Å². The van der Waals surface area contributed by atoms with Crippen molar-refractivity contribution in [2.75, 3.05) is 26.4 Å². The van der Waals surface area contributed by atoms with E-state index in [2.05, 4.69) is 11.8 Å². The van der Waals surface area contributed by atoms with Gasteiger partial charge in [-0.05, 0) is 0 Å². The third-order valence-electron chi connectivity index (χ3n) is 2.07. The fraction of sp³-hybridized carbons (Fsp3) is 0.786. The quantitative estimate of drug-likeness (QED) is 0.482.